The van der Waals surface area contributed by atoms with E-state index in [-0.39, 0.29) is 0 Å². The summed E-state index contributed by atoms with van der Waals surface area (Å²) < 4.78 is 7.39. The maximum Gasteiger partial charge on any atom is 0.203 e. The van der Waals surface area contributed by atoms with Crippen molar-refractivity contribution in [2.75, 3.05) is 19.0 Å². The highest BCUT2D eigenvalue weighted by atomic mass is 16.5. The lowest BCUT2D eigenvalue weighted by molar-refractivity contribution is 0.190. The van der Waals surface area contributed by atoms with Gasteiger partial charge >= 0.3 is 0 Å². The highest BCUT2D eigenvalue weighted by Crippen LogP contribution is 2.44. The lowest BCUT2D eigenvalue weighted by Crippen LogP contribution is -2.23. The molecule has 0 bridgehead atoms. The predicted octanol–water partition coefficient (Wildman–Crippen LogP) is 2.22. The Labute approximate surface area is 97.0 Å². The largest absolute Gasteiger partial charge is 0.383 e. The smallest absolute Gasteiger partial charge is 0.203 e. The Balaban J connectivity index is 2.07. The molecule has 0 amide bonds. The summed E-state index contributed by atoms with van der Waals surface area (Å²) in [6, 6.07) is 0.929. The Kier molecular flexibility index (Phi) is 3.19. The van der Waals surface area contributed by atoms with Crippen LogP contribution in [0.15, 0.2) is 6.20 Å². The van der Waals surface area contributed by atoms with E-state index < -0.39 is 0 Å². The Morgan fingerprint density at radius 2 is 2.38 bits per heavy atom. The molecule has 90 valence electrons. The molecule has 3 atom stereocenters. The summed E-state index contributed by atoms with van der Waals surface area (Å²) in [5, 5.41) is 3.40. The minimum atomic E-state index is 0.291. The molecule has 16 heavy (non-hydrogen) atoms. The molecule has 0 aliphatic heterocycles. The van der Waals surface area contributed by atoms with Gasteiger partial charge in [-0.25, -0.2) is 4.98 Å². The third kappa shape index (κ3) is 2.38. The predicted molar refractivity (Wildman–Crippen MR) is 64.7 cm³/mol. The van der Waals surface area contributed by atoms with Crippen LogP contribution in [0.4, 0.5) is 5.95 Å². The zero-order valence-corrected chi connectivity index (χ0v) is 10.5. The van der Waals surface area contributed by atoms with E-state index in [0.29, 0.717) is 18.7 Å². The van der Waals surface area contributed by atoms with Crippen molar-refractivity contribution in [1.82, 2.24) is 9.55 Å². The van der Waals surface area contributed by atoms with Crippen molar-refractivity contribution in [2.45, 2.75) is 39.3 Å². The first-order chi connectivity index (χ1) is 7.61. The lowest BCUT2D eigenvalue weighted by Gasteiger charge is -2.14. The van der Waals surface area contributed by atoms with Gasteiger partial charge in [0.1, 0.15) is 0 Å². The van der Waals surface area contributed by atoms with Crippen molar-refractivity contribution in [3.63, 3.8) is 0 Å². The molecule has 1 aliphatic rings. The number of hydrogen-bond donors (Lipinski definition) is 1. The van der Waals surface area contributed by atoms with Gasteiger partial charge in [-0.05, 0) is 26.2 Å². The number of imidazole rings is 1. The van der Waals surface area contributed by atoms with Crippen molar-refractivity contribution in [3.8, 4) is 0 Å². The number of rotatable bonds is 5. The van der Waals surface area contributed by atoms with Gasteiger partial charge in [-0.2, -0.15) is 0 Å². The maximum absolute atomic E-state index is 5.12. The minimum absolute atomic E-state index is 0.291. The summed E-state index contributed by atoms with van der Waals surface area (Å²) in [4.78, 5) is 4.52. The van der Waals surface area contributed by atoms with Crippen LogP contribution in [0.1, 0.15) is 32.0 Å². The summed E-state index contributed by atoms with van der Waals surface area (Å²) >= 11 is 0. The molecule has 0 radical (unpaired) electrons. The molecule has 3 unspecified atom stereocenters. The Bertz CT molecular complexity index is 361. The maximum atomic E-state index is 5.12. The summed E-state index contributed by atoms with van der Waals surface area (Å²) in [6.45, 7) is 7.12. The van der Waals surface area contributed by atoms with Gasteiger partial charge in [0.25, 0.3) is 0 Å². The fourth-order valence-electron chi connectivity index (χ4n) is 2.08. The summed E-state index contributed by atoms with van der Waals surface area (Å²) in [5.74, 6) is 1.77. The van der Waals surface area contributed by atoms with Gasteiger partial charge in [-0.1, -0.05) is 6.92 Å². The lowest BCUT2D eigenvalue weighted by atomic mass is 10.4. The molecule has 1 heterocycles. The van der Waals surface area contributed by atoms with E-state index in [1.54, 1.807) is 7.11 Å². The van der Waals surface area contributed by atoms with E-state index in [0.717, 1.165) is 17.6 Å². The molecule has 1 fully saturated rings. The van der Waals surface area contributed by atoms with Crippen LogP contribution in [0, 0.1) is 12.8 Å². The first-order valence-corrected chi connectivity index (χ1v) is 5.92. The molecule has 1 aromatic heterocycles. The quantitative estimate of drug-likeness (QED) is 0.832. The van der Waals surface area contributed by atoms with Crippen LogP contribution in [-0.4, -0.2) is 29.3 Å². The standard InChI is InChI=1S/C12H21N3O/c1-8-5-11(8)15-6-9(2)13-12(15)14-10(3)7-16-4/h6,8,10-11H,5,7H2,1-4H3,(H,13,14). The number of nitrogens with one attached hydrogen (secondary N) is 1. The van der Waals surface area contributed by atoms with Gasteiger partial charge in [-0.15, -0.1) is 0 Å². The van der Waals surface area contributed by atoms with Gasteiger partial charge in [0.2, 0.25) is 5.95 Å². The van der Waals surface area contributed by atoms with E-state index in [2.05, 4.69) is 34.9 Å². The summed E-state index contributed by atoms with van der Waals surface area (Å²) in [6.07, 6.45) is 3.40. The first kappa shape index (κ1) is 11.5. The van der Waals surface area contributed by atoms with Crippen LogP contribution in [-0.2, 0) is 4.74 Å². The third-order valence-electron chi connectivity index (χ3n) is 3.07. The molecular formula is C12H21N3O. The minimum Gasteiger partial charge on any atom is -0.383 e. The number of methoxy groups -OCH3 is 1. The fourth-order valence-corrected chi connectivity index (χ4v) is 2.08. The molecule has 1 aliphatic carbocycles. The van der Waals surface area contributed by atoms with Gasteiger partial charge < -0.3 is 14.6 Å². The number of hydrogen-bond acceptors (Lipinski definition) is 3. The molecule has 0 spiro atoms. The van der Waals surface area contributed by atoms with Crippen molar-refractivity contribution in [3.05, 3.63) is 11.9 Å². The highest BCUT2D eigenvalue weighted by Gasteiger charge is 2.35. The molecule has 1 saturated carbocycles. The molecule has 1 N–H and O–H groups in total. The molecule has 0 saturated heterocycles. The molecule has 4 nitrogen and oxygen atoms in total. The zero-order valence-electron chi connectivity index (χ0n) is 10.5. The molecule has 1 aromatic rings. The normalized spacial score (nSPS) is 25.5. The third-order valence-corrected chi connectivity index (χ3v) is 3.07. The number of anilines is 1. The summed E-state index contributed by atoms with van der Waals surface area (Å²) in [7, 11) is 1.72. The topological polar surface area (TPSA) is 39.1 Å². The Morgan fingerprint density at radius 1 is 1.69 bits per heavy atom. The van der Waals surface area contributed by atoms with Crippen LogP contribution in [0.2, 0.25) is 0 Å². The van der Waals surface area contributed by atoms with Gasteiger partial charge in [0.05, 0.1) is 12.3 Å². The first-order valence-electron chi connectivity index (χ1n) is 5.92. The Morgan fingerprint density at radius 3 is 2.94 bits per heavy atom. The van der Waals surface area contributed by atoms with Crippen LogP contribution in [0.25, 0.3) is 0 Å². The highest BCUT2D eigenvalue weighted by molar-refractivity contribution is 5.32. The molecular weight excluding hydrogens is 202 g/mol. The second-order valence-corrected chi connectivity index (χ2v) is 4.89. The van der Waals surface area contributed by atoms with Crippen LogP contribution in [0.5, 0.6) is 0 Å². The van der Waals surface area contributed by atoms with Gasteiger partial charge in [0, 0.05) is 25.4 Å². The zero-order chi connectivity index (χ0) is 11.7. The SMILES string of the molecule is COCC(C)Nc1nc(C)cn1C1CC1C. The Hall–Kier alpha value is -1.03. The van der Waals surface area contributed by atoms with E-state index in [9.17, 15) is 0 Å². The second kappa shape index (κ2) is 4.45. The number of ether oxygens (including phenoxy) is 1. The van der Waals surface area contributed by atoms with E-state index >= 15 is 0 Å². The van der Waals surface area contributed by atoms with Crippen LogP contribution < -0.4 is 5.32 Å². The van der Waals surface area contributed by atoms with Crippen molar-refractivity contribution in [2.24, 2.45) is 5.92 Å². The van der Waals surface area contributed by atoms with Crippen LogP contribution in [0.3, 0.4) is 0 Å². The summed E-state index contributed by atoms with van der Waals surface area (Å²) in [5.41, 5.74) is 1.08. The average Bonchev–Trinajstić information content (AvgIpc) is 2.80. The second-order valence-electron chi connectivity index (χ2n) is 4.89. The average molecular weight is 223 g/mol. The van der Waals surface area contributed by atoms with Crippen molar-refractivity contribution < 1.29 is 4.74 Å². The molecule has 0 aromatic carbocycles. The molecule has 2 rings (SSSR count). The number of aromatic nitrogens is 2. The number of aryl methyl sites for hydroxylation is 1. The van der Waals surface area contributed by atoms with Crippen molar-refractivity contribution in [1.29, 1.82) is 0 Å². The fraction of sp³-hybridized carbons (Fsp3) is 0.750. The molecule has 4 heteroatoms. The number of nitrogens with zero attached hydrogens (tertiary/aromatic N) is 2. The van der Waals surface area contributed by atoms with E-state index in [4.69, 9.17) is 4.74 Å². The monoisotopic (exact) mass is 223 g/mol. The van der Waals surface area contributed by atoms with E-state index in [1.807, 2.05) is 6.92 Å². The van der Waals surface area contributed by atoms with Gasteiger partial charge in [0.15, 0.2) is 0 Å². The van der Waals surface area contributed by atoms with E-state index in [1.165, 1.54) is 6.42 Å². The van der Waals surface area contributed by atoms with Gasteiger partial charge in [-0.3, -0.25) is 0 Å². The van der Waals surface area contributed by atoms with Crippen LogP contribution >= 0.6 is 0 Å². The van der Waals surface area contributed by atoms with Crippen molar-refractivity contribution >= 4 is 5.95 Å².